The van der Waals surface area contributed by atoms with Gasteiger partial charge in [0.1, 0.15) is 0 Å². The van der Waals surface area contributed by atoms with Crippen LogP contribution in [0.1, 0.15) is 16.2 Å². The normalized spacial score (nSPS) is 10.4. The Hall–Kier alpha value is -2.47. The number of nitrogens with zero attached hydrogens (tertiary/aromatic N) is 2. The van der Waals surface area contributed by atoms with Crippen LogP contribution in [-0.4, -0.2) is 16.1 Å². The molecule has 22 heavy (non-hydrogen) atoms. The molecule has 0 aliphatic heterocycles. The molecule has 0 radical (unpaired) electrons. The molecule has 0 saturated carbocycles. The van der Waals surface area contributed by atoms with Crippen molar-refractivity contribution in [2.45, 2.75) is 6.61 Å². The number of carbonyl (C=O) groups excluding carboxylic acids is 1. The number of aromatic nitrogens is 2. The van der Waals surface area contributed by atoms with Gasteiger partial charge in [0.05, 0.1) is 5.56 Å². The van der Waals surface area contributed by atoms with Crippen LogP contribution in [0.5, 0.6) is 0 Å². The Morgan fingerprint density at radius 2 is 1.95 bits per heavy atom. The molecule has 1 aromatic heterocycles. The molecule has 1 heterocycles. The minimum atomic E-state index is -0.428. The van der Waals surface area contributed by atoms with Crippen LogP contribution in [-0.2, 0) is 11.3 Å². The van der Waals surface area contributed by atoms with Gasteiger partial charge in [0.25, 0.3) is 5.89 Å². The van der Waals surface area contributed by atoms with Gasteiger partial charge in [-0.1, -0.05) is 51.4 Å². The maximum Gasteiger partial charge on any atom is 0.338 e. The summed E-state index contributed by atoms with van der Waals surface area (Å²) in [7, 11) is 0. The van der Waals surface area contributed by atoms with Gasteiger partial charge in [0.15, 0.2) is 6.61 Å². The summed E-state index contributed by atoms with van der Waals surface area (Å²) in [6.07, 6.45) is 0. The van der Waals surface area contributed by atoms with E-state index < -0.39 is 5.97 Å². The van der Waals surface area contributed by atoms with Crippen LogP contribution >= 0.6 is 15.9 Å². The van der Waals surface area contributed by atoms with Crippen molar-refractivity contribution in [3.63, 3.8) is 0 Å². The molecule has 110 valence electrons. The Labute approximate surface area is 135 Å². The van der Waals surface area contributed by atoms with E-state index in [4.69, 9.17) is 9.26 Å². The lowest BCUT2D eigenvalue weighted by Gasteiger charge is -2.00. The number of hydrogen-bond acceptors (Lipinski definition) is 5. The first-order valence-electron chi connectivity index (χ1n) is 6.53. The van der Waals surface area contributed by atoms with Crippen molar-refractivity contribution < 1.29 is 14.1 Å². The summed E-state index contributed by atoms with van der Waals surface area (Å²) in [5, 5.41) is 3.88. The molecule has 0 amide bonds. The maximum atomic E-state index is 11.8. The van der Waals surface area contributed by atoms with E-state index in [0.717, 1.165) is 10.0 Å². The third-order valence-electron chi connectivity index (χ3n) is 2.89. The second kappa shape index (κ2) is 6.53. The molecular formula is C16H11BrN2O3. The molecule has 3 rings (SSSR count). The van der Waals surface area contributed by atoms with Crippen molar-refractivity contribution in [3.05, 3.63) is 70.5 Å². The van der Waals surface area contributed by atoms with Gasteiger partial charge in [-0.25, -0.2) is 4.79 Å². The predicted molar refractivity (Wildman–Crippen MR) is 83.0 cm³/mol. The molecule has 0 fully saturated rings. The molecule has 0 unspecified atom stereocenters. The van der Waals surface area contributed by atoms with E-state index in [1.807, 2.05) is 30.3 Å². The second-order valence-corrected chi connectivity index (χ2v) is 5.38. The Morgan fingerprint density at radius 3 is 2.73 bits per heavy atom. The summed E-state index contributed by atoms with van der Waals surface area (Å²) in [4.78, 5) is 16.0. The molecule has 2 aromatic carbocycles. The number of halogens is 1. The zero-order valence-electron chi connectivity index (χ0n) is 11.4. The Balaban J connectivity index is 1.66. The van der Waals surface area contributed by atoms with Crippen molar-refractivity contribution in [2.75, 3.05) is 0 Å². The van der Waals surface area contributed by atoms with Gasteiger partial charge in [0.2, 0.25) is 5.82 Å². The van der Waals surface area contributed by atoms with E-state index in [1.54, 1.807) is 24.3 Å². The van der Waals surface area contributed by atoms with E-state index in [9.17, 15) is 4.79 Å². The Kier molecular flexibility index (Phi) is 4.29. The topological polar surface area (TPSA) is 65.2 Å². The van der Waals surface area contributed by atoms with Crippen molar-refractivity contribution in [1.29, 1.82) is 0 Å². The lowest BCUT2D eigenvalue weighted by atomic mass is 10.2. The number of hydrogen-bond donors (Lipinski definition) is 0. The van der Waals surface area contributed by atoms with E-state index in [0.29, 0.717) is 11.4 Å². The average Bonchev–Trinajstić information content (AvgIpc) is 3.02. The summed E-state index contributed by atoms with van der Waals surface area (Å²) in [5.74, 6) is 0.272. The SMILES string of the molecule is O=C(OCc1nc(-c2cccc(Br)c2)no1)c1ccccc1. The quantitative estimate of drug-likeness (QED) is 0.662. The first-order valence-corrected chi connectivity index (χ1v) is 7.32. The third-order valence-corrected chi connectivity index (χ3v) is 3.38. The standard InChI is InChI=1S/C16H11BrN2O3/c17-13-8-4-7-12(9-13)15-18-14(22-19-15)10-21-16(20)11-5-2-1-3-6-11/h1-9H,10H2. The van der Waals surface area contributed by atoms with Gasteiger partial charge in [-0.05, 0) is 24.3 Å². The Bertz CT molecular complexity index is 787. The molecule has 0 atom stereocenters. The second-order valence-electron chi connectivity index (χ2n) is 4.46. The van der Waals surface area contributed by atoms with Gasteiger partial charge in [0, 0.05) is 10.0 Å². The third kappa shape index (κ3) is 3.40. The van der Waals surface area contributed by atoms with Crippen molar-refractivity contribution in [1.82, 2.24) is 10.1 Å². The van der Waals surface area contributed by atoms with E-state index >= 15 is 0 Å². The highest BCUT2D eigenvalue weighted by molar-refractivity contribution is 9.10. The number of ether oxygens (including phenoxy) is 1. The van der Waals surface area contributed by atoms with Crippen molar-refractivity contribution in [2.24, 2.45) is 0 Å². The van der Waals surface area contributed by atoms with Crippen molar-refractivity contribution in [3.8, 4) is 11.4 Å². The summed E-state index contributed by atoms with van der Waals surface area (Å²) in [6, 6.07) is 16.3. The zero-order valence-corrected chi connectivity index (χ0v) is 13.0. The van der Waals surface area contributed by atoms with E-state index in [-0.39, 0.29) is 12.5 Å². The number of carbonyl (C=O) groups is 1. The lowest BCUT2D eigenvalue weighted by Crippen LogP contribution is -2.05. The highest BCUT2D eigenvalue weighted by Crippen LogP contribution is 2.20. The Morgan fingerprint density at radius 1 is 1.14 bits per heavy atom. The smallest absolute Gasteiger partial charge is 0.338 e. The highest BCUT2D eigenvalue weighted by atomic mass is 79.9. The molecule has 0 saturated heterocycles. The number of esters is 1. The molecule has 0 N–H and O–H groups in total. The largest absolute Gasteiger partial charge is 0.452 e. The molecule has 0 bridgehead atoms. The number of benzene rings is 2. The molecule has 5 nitrogen and oxygen atoms in total. The molecular weight excluding hydrogens is 348 g/mol. The molecule has 3 aromatic rings. The summed E-state index contributed by atoms with van der Waals surface area (Å²) in [6.45, 7) is -0.0608. The fourth-order valence-electron chi connectivity index (χ4n) is 1.84. The number of rotatable bonds is 4. The van der Waals surface area contributed by atoms with Crippen LogP contribution in [0.15, 0.2) is 63.6 Å². The highest BCUT2D eigenvalue weighted by Gasteiger charge is 2.12. The molecule has 0 aliphatic rings. The summed E-state index contributed by atoms with van der Waals surface area (Å²) < 4.78 is 11.2. The predicted octanol–water partition coefficient (Wildman–Crippen LogP) is 3.86. The molecule has 0 aliphatic carbocycles. The average molecular weight is 359 g/mol. The van der Waals surface area contributed by atoms with Crippen LogP contribution in [0.4, 0.5) is 0 Å². The molecule has 0 spiro atoms. The van der Waals surface area contributed by atoms with Crippen LogP contribution in [0.3, 0.4) is 0 Å². The lowest BCUT2D eigenvalue weighted by molar-refractivity contribution is 0.0430. The first-order chi connectivity index (χ1) is 10.7. The van der Waals surface area contributed by atoms with Crippen LogP contribution < -0.4 is 0 Å². The zero-order chi connectivity index (χ0) is 15.4. The van der Waals surface area contributed by atoms with Gasteiger partial charge in [-0.3, -0.25) is 0 Å². The fourth-order valence-corrected chi connectivity index (χ4v) is 2.24. The minimum absolute atomic E-state index is 0.0608. The van der Waals surface area contributed by atoms with E-state index in [1.165, 1.54) is 0 Å². The fraction of sp³-hybridized carbons (Fsp3) is 0.0625. The van der Waals surface area contributed by atoms with Crippen LogP contribution in [0, 0.1) is 0 Å². The monoisotopic (exact) mass is 358 g/mol. The van der Waals surface area contributed by atoms with Gasteiger partial charge in [-0.15, -0.1) is 0 Å². The maximum absolute atomic E-state index is 11.8. The molecule has 6 heteroatoms. The van der Waals surface area contributed by atoms with Gasteiger partial charge < -0.3 is 9.26 Å². The summed E-state index contributed by atoms with van der Waals surface area (Å²) in [5.41, 5.74) is 1.30. The first kappa shape index (κ1) is 14.5. The van der Waals surface area contributed by atoms with Gasteiger partial charge in [-0.2, -0.15) is 4.98 Å². The summed E-state index contributed by atoms with van der Waals surface area (Å²) >= 11 is 3.39. The minimum Gasteiger partial charge on any atom is -0.452 e. The van der Waals surface area contributed by atoms with Crippen molar-refractivity contribution >= 4 is 21.9 Å². The van der Waals surface area contributed by atoms with Crippen LogP contribution in [0.2, 0.25) is 0 Å². The van der Waals surface area contributed by atoms with Crippen LogP contribution in [0.25, 0.3) is 11.4 Å². The van der Waals surface area contributed by atoms with E-state index in [2.05, 4.69) is 26.1 Å². The van der Waals surface area contributed by atoms with Gasteiger partial charge >= 0.3 is 5.97 Å².